The molecule has 3 rings (SSSR count). The van der Waals surface area contributed by atoms with Crippen molar-refractivity contribution in [2.24, 2.45) is 0 Å². The Hall–Kier alpha value is -2.49. The Morgan fingerprint density at radius 2 is 1.95 bits per heavy atom. The van der Waals surface area contributed by atoms with Crippen LogP contribution in [0.25, 0.3) is 0 Å². The van der Waals surface area contributed by atoms with Crippen molar-refractivity contribution in [3.63, 3.8) is 0 Å². The van der Waals surface area contributed by atoms with Gasteiger partial charge in [-0.1, -0.05) is 18.2 Å². The number of hydrogen-bond acceptors (Lipinski definition) is 3. The molecule has 21 heavy (non-hydrogen) atoms. The molecule has 0 aromatic heterocycles. The highest BCUT2D eigenvalue weighted by atomic mass is 16.5. The third kappa shape index (κ3) is 2.70. The number of anilines is 1. The first-order valence-corrected chi connectivity index (χ1v) is 7.02. The number of nitrogens with one attached hydrogen (secondary N) is 1. The van der Waals surface area contributed by atoms with E-state index in [1.807, 2.05) is 37.3 Å². The van der Waals surface area contributed by atoms with Crippen molar-refractivity contribution in [3.8, 4) is 11.5 Å². The molecule has 1 heterocycles. The maximum absolute atomic E-state index is 12.4. The van der Waals surface area contributed by atoms with Gasteiger partial charge in [-0.15, -0.1) is 0 Å². The number of carbonyl (C=O) groups excluding carboxylic acids is 1. The normalized spacial score (nSPS) is 14.6. The Labute approximate surface area is 124 Å². The van der Waals surface area contributed by atoms with Crippen LogP contribution in [0.15, 0.2) is 42.5 Å². The minimum atomic E-state index is -0.0250. The summed E-state index contributed by atoms with van der Waals surface area (Å²) >= 11 is 0. The molecular weight excluding hydrogens is 264 g/mol. The number of hydrogen-bond donors (Lipinski definition) is 1. The zero-order chi connectivity index (χ0) is 14.8. The van der Waals surface area contributed by atoms with E-state index in [9.17, 15) is 4.79 Å². The molecular formula is C17H18N2O2. The molecule has 1 N–H and O–H groups in total. The lowest BCUT2D eigenvalue weighted by Crippen LogP contribution is -2.32. The summed E-state index contributed by atoms with van der Waals surface area (Å²) in [6, 6.07) is 13.4. The number of carbonyl (C=O) groups is 1. The lowest BCUT2D eigenvalue weighted by Gasteiger charge is -2.23. The number of ether oxygens (including phenoxy) is 1. The van der Waals surface area contributed by atoms with E-state index in [4.69, 9.17) is 4.74 Å². The number of para-hydroxylation sites is 1. The van der Waals surface area contributed by atoms with E-state index in [2.05, 4.69) is 11.4 Å². The van der Waals surface area contributed by atoms with Gasteiger partial charge < -0.3 is 15.0 Å². The van der Waals surface area contributed by atoms with Crippen LogP contribution in [0.3, 0.4) is 0 Å². The Balaban J connectivity index is 2.09. The van der Waals surface area contributed by atoms with Crippen molar-refractivity contribution < 1.29 is 9.53 Å². The van der Waals surface area contributed by atoms with Crippen LogP contribution in [0.1, 0.15) is 15.9 Å². The van der Waals surface area contributed by atoms with Crippen molar-refractivity contribution in [2.75, 3.05) is 25.5 Å². The number of nitrogens with zero attached hydrogens (tertiary/aromatic N) is 1. The predicted molar refractivity (Wildman–Crippen MR) is 83.1 cm³/mol. The monoisotopic (exact) mass is 282 g/mol. The Morgan fingerprint density at radius 1 is 1.14 bits per heavy atom. The van der Waals surface area contributed by atoms with Gasteiger partial charge in [-0.05, 0) is 36.8 Å². The zero-order valence-electron chi connectivity index (χ0n) is 12.2. The number of amides is 1. The molecule has 1 aliphatic rings. The number of likely N-dealkylation sites (N-methyl/N-ethyl adjacent to an activating group) is 1. The van der Waals surface area contributed by atoms with E-state index in [-0.39, 0.29) is 5.91 Å². The lowest BCUT2D eigenvalue weighted by molar-refractivity contribution is 0.0797. The molecule has 0 atom stereocenters. The standard InChI is InChI=1S/C17H18N2O2/c1-12-7-8-16-14(11-12)18-9-10-19(2)17(20)13-5-3-4-6-15(13)21-16/h3-8,11,18H,9-10H2,1-2H3. The smallest absolute Gasteiger partial charge is 0.257 e. The first-order chi connectivity index (χ1) is 10.1. The van der Waals surface area contributed by atoms with Gasteiger partial charge in [0.15, 0.2) is 5.75 Å². The Kier molecular flexibility index (Phi) is 3.52. The van der Waals surface area contributed by atoms with Crippen molar-refractivity contribution >= 4 is 11.6 Å². The second-order valence-electron chi connectivity index (χ2n) is 5.25. The lowest BCUT2D eigenvalue weighted by atomic mass is 10.1. The second kappa shape index (κ2) is 5.48. The number of benzene rings is 2. The predicted octanol–water partition coefficient (Wildman–Crippen LogP) is 3.28. The minimum Gasteiger partial charge on any atom is -0.454 e. The van der Waals surface area contributed by atoms with Gasteiger partial charge in [0.1, 0.15) is 5.75 Å². The van der Waals surface area contributed by atoms with E-state index in [0.29, 0.717) is 24.4 Å². The highest BCUT2D eigenvalue weighted by Crippen LogP contribution is 2.33. The summed E-state index contributed by atoms with van der Waals surface area (Å²) in [6.07, 6.45) is 0. The van der Waals surface area contributed by atoms with Gasteiger partial charge in [0.2, 0.25) is 0 Å². The molecule has 4 heteroatoms. The maximum Gasteiger partial charge on any atom is 0.257 e. The maximum atomic E-state index is 12.4. The minimum absolute atomic E-state index is 0.0250. The van der Waals surface area contributed by atoms with Crippen molar-refractivity contribution in [2.45, 2.75) is 6.92 Å². The highest BCUT2D eigenvalue weighted by Gasteiger charge is 2.19. The fraction of sp³-hybridized carbons (Fsp3) is 0.235. The van der Waals surface area contributed by atoms with Gasteiger partial charge in [-0.25, -0.2) is 0 Å². The van der Waals surface area contributed by atoms with Crippen molar-refractivity contribution in [1.82, 2.24) is 4.90 Å². The average Bonchev–Trinajstić information content (AvgIpc) is 2.49. The first-order valence-electron chi connectivity index (χ1n) is 7.02. The van der Waals surface area contributed by atoms with Crippen LogP contribution in [0.2, 0.25) is 0 Å². The van der Waals surface area contributed by atoms with Crippen molar-refractivity contribution in [1.29, 1.82) is 0 Å². The van der Waals surface area contributed by atoms with E-state index < -0.39 is 0 Å². The van der Waals surface area contributed by atoms with E-state index >= 15 is 0 Å². The third-order valence-corrected chi connectivity index (χ3v) is 3.58. The molecule has 1 aliphatic heterocycles. The van der Waals surface area contributed by atoms with E-state index in [1.165, 1.54) is 5.56 Å². The summed E-state index contributed by atoms with van der Waals surface area (Å²) in [4.78, 5) is 14.1. The number of rotatable bonds is 0. The summed E-state index contributed by atoms with van der Waals surface area (Å²) < 4.78 is 5.98. The molecule has 0 saturated carbocycles. The quantitative estimate of drug-likeness (QED) is 0.806. The van der Waals surface area contributed by atoms with Gasteiger partial charge in [-0.2, -0.15) is 0 Å². The molecule has 1 amide bonds. The summed E-state index contributed by atoms with van der Waals surface area (Å²) in [5, 5.41) is 3.34. The molecule has 0 fully saturated rings. The molecule has 0 bridgehead atoms. The molecule has 108 valence electrons. The Morgan fingerprint density at radius 3 is 2.81 bits per heavy atom. The second-order valence-corrected chi connectivity index (χ2v) is 5.25. The zero-order valence-corrected chi connectivity index (χ0v) is 12.2. The first kappa shape index (κ1) is 13.5. The summed E-state index contributed by atoms with van der Waals surface area (Å²) in [5.41, 5.74) is 2.71. The summed E-state index contributed by atoms with van der Waals surface area (Å²) in [7, 11) is 1.81. The van der Waals surface area contributed by atoms with Gasteiger partial charge in [0.05, 0.1) is 11.3 Å². The fourth-order valence-corrected chi connectivity index (χ4v) is 2.39. The third-order valence-electron chi connectivity index (χ3n) is 3.58. The van der Waals surface area contributed by atoms with Gasteiger partial charge in [0, 0.05) is 20.1 Å². The molecule has 0 unspecified atom stereocenters. The fourth-order valence-electron chi connectivity index (χ4n) is 2.39. The van der Waals surface area contributed by atoms with Crippen LogP contribution in [-0.2, 0) is 0 Å². The highest BCUT2D eigenvalue weighted by molar-refractivity contribution is 5.97. The Bertz CT molecular complexity index is 682. The molecule has 2 aromatic rings. The van der Waals surface area contributed by atoms with E-state index in [0.717, 1.165) is 11.4 Å². The molecule has 0 spiro atoms. The SMILES string of the molecule is Cc1ccc2c(c1)NCCN(C)C(=O)c1ccccc1O2. The van der Waals surface area contributed by atoms with E-state index in [1.54, 1.807) is 18.0 Å². The van der Waals surface area contributed by atoms with Crippen LogP contribution in [0.4, 0.5) is 5.69 Å². The topological polar surface area (TPSA) is 41.6 Å². The molecule has 2 aromatic carbocycles. The van der Waals surface area contributed by atoms with Crippen molar-refractivity contribution in [3.05, 3.63) is 53.6 Å². The number of fused-ring (bicyclic) bond motifs is 2. The van der Waals surface area contributed by atoms with Crippen LogP contribution < -0.4 is 10.1 Å². The molecule has 4 nitrogen and oxygen atoms in total. The molecule has 0 radical (unpaired) electrons. The van der Waals surface area contributed by atoms with Crippen LogP contribution in [0.5, 0.6) is 11.5 Å². The van der Waals surface area contributed by atoms with Gasteiger partial charge >= 0.3 is 0 Å². The molecule has 0 aliphatic carbocycles. The van der Waals surface area contributed by atoms with Gasteiger partial charge in [0.25, 0.3) is 5.91 Å². The van der Waals surface area contributed by atoms with Gasteiger partial charge in [-0.3, -0.25) is 4.79 Å². The van der Waals surface area contributed by atoms with Crippen LogP contribution in [0, 0.1) is 6.92 Å². The van der Waals surface area contributed by atoms with Crippen LogP contribution >= 0.6 is 0 Å². The molecule has 0 saturated heterocycles. The number of aryl methyl sites for hydroxylation is 1. The largest absolute Gasteiger partial charge is 0.454 e. The summed E-state index contributed by atoms with van der Waals surface area (Å²) in [6.45, 7) is 3.37. The summed E-state index contributed by atoms with van der Waals surface area (Å²) in [5.74, 6) is 1.30. The average molecular weight is 282 g/mol. The van der Waals surface area contributed by atoms with Crippen LogP contribution in [-0.4, -0.2) is 30.9 Å².